The van der Waals surface area contributed by atoms with E-state index in [4.69, 9.17) is 0 Å². The third-order valence-electron chi connectivity index (χ3n) is 5.43. The average molecular weight is 397 g/mol. The molecule has 4 rings (SSSR count). The van der Waals surface area contributed by atoms with Gasteiger partial charge in [0.05, 0.1) is 12.1 Å². The summed E-state index contributed by atoms with van der Waals surface area (Å²) in [5.41, 5.74) is 1.81. The maximum absolute atomic E-state index is 13.2. The van der Waals surface area contributed by atoms with E-state index >= 15 is 0 Å². The van der Waals surface area contributed by atoms with E-state index in [0.717, 1.165) is 11.1 Å². The normalized spacial score (nSPS) is 18.1. The van der Waals surface area contributed by atoms with Crippen LogP contribution in [0, 0.1) is 6.92 Å². The number of amides is 1. The summed E-state index contributed by atoms with van der Waals surface area (Å²) in [5, 5.41) is 11.3. The van der Waals surface area contributed by atoms with Crippen LogP contribution in [0.1, 0.15) is 33.5 Å². The summed E-state index contributed by atoms with van der Waals surface area (Å²) in [7, 11) is 0. The standard InChI is InChI=1S/C26H23NO3/c1-19-13-15-21(16-14-19)24(28)18-26(30)22-11-5-6-12-23(22)27(25(26)29)17-7-10-20-8-3-2-4-9-20/h2-16,30H,17-18H2,1H3/b10-7-/t26-/m1/s1. The molecule has 3 aromatic carbocycles. The first-order valence-electron chi connectivity index (χ1n) is 9.94. The smallest absolute Gasteiger partial charge is 0.264 e. The van der Waals surface area contributed by atoms with E-state index < -0.39 is 11.5 Å². The van der Waals surface area contributed by atoms with Gasteiger partial charge >= 0.3 is 0 Å². The van der Waals surface area contributed by atoms with Gasteiger partial charge in [0, 0.05) is 17.7 Å². The molecule has 0 aliphatic carbocycles. The van der Waals surface area contributed by atoms with Gasteiger partial charge in [0.15, 0.2) is 11.4 Å². The number of aryl methyl sites for hydroxylation is 1. The minimum Gasteiger partial charge on any atom is -0.375 e. The van der Waals surface area contributed by atoms with Crippen molar-refractivity contribution in [1.82, 2.24) is 0 Å². The van der Waals surface area contributed by atoms with Gasteiger partial charge in [-0.15, -0.1) is 0 Å². The summed E-state index contributed by atoms with van der Waals surface area (Å²) in [6, 6.07) is 24.1. The fraction of sp³-hybridized carbons (Fsp3) is 0.154. The van der Waals surface area contributed by atoms with Crippen molar-refractivity contribution in [3.8, 4) is 0 Å². The molecule has 4 nitrogen and oxygen atoms in total. The number of carbonyl (C=O) groups is 2. The molecule has 0 aromatic heterocycles. The second-order valence-electron chi connectivity index (χ2n) is 7.57. The van der Waals surface area contributed by atoms with Crippen LogP contribution in [-0.2, 0) is 10.4 Å². The molecular formula is C26H23NO3. The highest BCUT2D eigenvalue weighted by atomic mass is 16.3. The molecular weight excluding hydrogens is 374 g/mol. The minimum absolute atomic E-state index is 0.262. The molecule has 0 unspecified atom stereocenters. The maximum atomic E-state index is 13.2. The summed E-state index contributed by atoms with van der Waals surface area (Å²) in [6.45, 7) is 2.26. The number of benzene rings is 3. The summed E-state index contributed by atoms with van der Waals surface area (Å²) >= 11 is 0. The molecule has 0 fully saturated rings. The fourth-order valence-corrected chi connectivity index (χ4v) is 3.79. The monoisotopic (exact) mass is 397 g/mol. The van der Waals surface area contributed by atoms with Gasteiger partial charge in [-0.25, -0.2) is 0 Å². The first-order valence-corrected chi connectivity index (χ1v) is 9.94. The van der Waals surface area contributed by atoms with Gasteiger partial charge in [0.25, 0.3) is 5.91 Å². The SMILES string of the molecule is Cc1ccc(C(=O)C[C@]2(O)C(=O)N(C/C=C\c3ccccc3)c3ccccc32)cc1. The molecule has 0 spiro atoms. The van der Waals surface area contributed by atoms with Crippen molar-refractivity contribution in [3.05, 3.63) is 107 Å². The quantitative estimate of drug-likeness (QED) is 0.623. The summed E-state index contributed by atoms with van der Waals surface area (Å²) < 4.78 is 0. The first kappa shape index (κ1) is 19.8. The average Bonchev–Trinajstić information content (AvgIpc) is 2.97. The van der Waals surface area contributed by atoms with Crippen LogP contribution in [0.4, 0.5) is 5.69 Å². The van der Waals surface area contributed by atoms with Crippen LogP contribution in [0.2, 0.25) is 0 Å². The van der Waals surface area contributed by atoms with E-state index in [-0.39, 0.29) is 12.2 Å². The highest BCUT2D eigenvalue weighted by molar-refractivity contribution is 6.10. The minimum atomic E-state index is -1.86. The number of fused-ring (bicyclic) bond motifs is 1. The fourth-order valence-electron chi connectivity index (χ4n) is 3.79. The van der Waals surface area contributed by atoms with Gasteiger partial charge in [0.1, 0.15) is 0 Å². The zero-order valence-corrected chi connectivity index (χ0v) is 16.8. The number of Topliss-reactive ketones (excluding diaryl/α,β-unsaturated/α-hetero) is 1. The van der Waals surface area contributed by atoms with Crippen LogP contribution in [0.25, 0.3) is 6.08 Å². The molecule has 0 saturated heterocycles. The Kier molecular flexibility index (Phi) is 5.34. The number of nitrogens with zero attached hydrogens (tertiary/aromatic N) is 1. The highest BCUT2D eigenvalue weighted by Crippen LogP contribution is 2.42. The van der Waals surface area contributed by atoms with E-state index in [0.29, 0.717) is 23.4 Å². The Balaban J connectivity index is 1.59. The largest absolute Gasteiger partial charge is 0.375 e. The van der Waals surface area contributed by atoms with E-state index in [1.807, 2.05) is 67.6 Å². The van der Waals surface area contributed by atoms with E-state index in [1.165, 1.54) is 4.90 Å². The van der Waals surface area contributed by atoms with Crippen LogP contribution in [-0.4, -0.2) is 23.3 Å². The van der Waals surface area contributed by atoms with Crippen LogP contribution in [0.15, 0.2) is 84.9 Å². The molecule has 1 amide bonds. The van der Waals surface area contributed by atoms with Crippen molar-refractivity contribution in [2.45, 2.75) is 18.9 Å². The summed E-state index contributed by atoms with van der Waals surface area (Å²) in [5.74, 6) is -0.732. The molecule has 4 heteroatoms. The van der Waals surface area contributed by atoms with Crippen molar-refractivity contribution >= 4 is 23.5 Å². The first-order chi connectivity index (χ1) is 14.5. The molecule has 1 aliphatic heterocycles. The van der Waals surface area contributed by atoms with E-state index in [9.17, 15) is 14.7 Å². The molecule has 0 saturated carbocycles. The van der Waals surface area contributed by atoms with Gasteiger partial charge in [-0.2, -0.15) is 0 Å². The van der Waals surface area contributed by atoms with Gasteiger partial charge < -0.3 is 10.0 Å². The van der Waals surface area contributed by atoms with Gasteiger partial charge in [-0.05, 0) is 18.6 Å². The lowest BCUT2D eigenvalue weighted by atomic mass is 9.88. The molecule has 30 heavy (non-hydrogen) atoms. The molecule has 0 radical (unpaired) electrons. The Morgan fingerprint density at radius 1 is 0.967 bits per heavy atom. The number of hydrogen-bond acceptors (Lipinski definition) is 3. The second-order valence-corrected chi connectivity index (χ2v) is 7.57. The third-order valence-corrected chi connectivity index (χ3v) is 5.43. The molecule has 1 heterocycles. The van der Waals surface area contributed by atoms with Gasteiger partial charge in [0.2, 0.25) is 0 Å². The van der Waals surface area contributed by atoms with Crippen molar-refractivity contribution in [3.63, 3.8) is 0 Å². The summed E-state index contributed by atoms with van der Waals surface area (Å²) in [4.78, 5) is 27.6. The molecule has 150 valence electrons. The van der Waals surface area contributed by atoms with Crippen LogP contribution < -0.4 is 4.90 Å². The Bertz CT molecular complexity index is 1100. The van der Waals surface area contributed by atoms with Crippen molar-refractivity contribution in [2.24, 2.45) is 0 Å². The Labute approximate surface area is 176 Å². The second kappa shape index (κ2) is 8.09. The van der Waals surface area contributed by atoms with Gasteiger partial charge in [-0.3, -0.25) is 9.59 Å². The van der Waals surface area contributed by atoms with Crippen LogP contribution in [0.3, 0.4) is 0 Å². The van der Waals surface area contributed by atoms with Crippen molar-refractivity contribution in [1.29, 1.82) is 0 Å². The Morgan fingerprint density at radius 3 is 2.37 bits per heavy atom. The van der Waals surface area contributed by atoms with E-state index in [2.05, 4.69) is 0 Å². The lowest BCUT2D eigenvalue weighted by molar-refractivity contribution is -0.135. The number of ketones is 1. The zero-order valence-electron chi connectivity index (χ0n) is 16.8. The van der Waals surface area contributed by atoms with Gasteiger partial charge in [-0.1, -0.05) is 90.5 Å². The number of anilines is 1. The molecule has 3 aromatic rings. The van der Waals surface area contributed by atoms with Crippen LogP contribution >= 0.6 is 0 Å². The third kappa shape index (κ3) is 3.70. The molecule has 1 N–H and O–H groups in total. The predicted octanol–water partition coefficient (Wildman–Crippen LogP) is 4.52. The van der Waals surface area contributed by atoms with Crippen molar-refractivity contribution in [2.75, 3.05) is 11.4 Å². The maximum Gasteiger partial charge on any atom is 0.264 e. The lowest BCUT2D eigenvalue weighted by Gasteiger charge is -2.22. The zero-order chi connectivity index (χ0) is 21.1. The number of hydrogen-bond donors (Lipinski definition) is 1. The van der Waals surface area contributed by atoms with Crippen molar-refractivity contribution < 1.29 is 14.7 Å². The van der Waals surface area contributed by atoms with E-state index in [1.54, 1.807) is 30.3 Å². The lowest BCUT2D eigenvalue weighted by Crippen LogP contribution is -2.42. The molecule has 0 bridgehead atoms. The molecule has 1 aliphatic rings. The highest BCUT2D eigenvalue weighted by Gasteiger charge is 2.50. The van der Waals surface area contributed by atoms with Crippen LogP contribution in [0.5, 0.6) is 0 Å². The Hall–Kier alpha value is -3.50. The number of para-hydroxylation sites is 1. The summed E-state index contributed by atoms with van der Waals surface area (Å²) in [6.07, 6.45) is 3.53. The Morgan fingerprint density at radius 2 is 1.63 bits per heavy atom. The number of carbonyl (C=O) groups excluding carboxylic acids is 2. The topological polar surface area (TPSA) is 57.6 Å². The predicted molar refractivity (Wildman–Crippen MR) is 118 cm³/mol. The number of rotatable bonds is 6. The molecule has 1 atom stereocenters. The number of aliphatic hydroxyl groups is 1.